The molecular weight excluding hydrogens is 398 g/mol. The minimum Gasteiger partial charge on any atom is -0.369 e. The van der Waals surface area contributed by atoms with Gasteiger partial charge in [-0.1, -0.05) is 12.8 Å². The highest BCUT2D eigenvalue weighted by Crippen LogP contribution is 2.30. The Bertz CT molecular complexity index is 949. The molecule has 0 radical (unpaired) electrons. The van der Waals surface area contributed by atoms with Crippen LogP contribution < -0.4 is 15.1 Å². The smallest absolute Gasteiger partial charge is 0.229 e. The minimum absolute atomic E-state index is 0.500. The first-order chi connectivity index (χ1) is 15.7. The van der Waals surface area contributed by atoms with E-state index in [0.29, 0.717) is 12.0 Å². The quantitative estimate of drug-likeness (QED) is 0.656. The molecule has 4 rings (SSSR count). The monoisotopic (exact) mass is 431 g/mol. The molecule has 1 aromatic heterocycles. The number of anilines is 4. The largest absolute Gasteiger partial charge is 0.369 e. The molecule has 32 heavy (non-hydrogen) atoms. The molecule has 0 amide bonds. The minimum atomic E-state index is 0.500. The van der Waals surface area contributed by atoms with Crippen LogP contribution in [-0.2, 0) is 0 Å². The highest BCUT2D eigenvalue weighted by atomic mass is 15.3. The van der Waals surface area contributed by atoms with Gasteiger partial charge in [0.15, 0.2) is 0 Å². The Kier molecular flexibility index (Phi) is 7.23. The molecule has 7 heteroatoms. The summed E-state index contributed by atoms with van der Waals surface area (Å²) in [5, 5.41) is 12.4. The summed E-state index contributed by atoms with van der Waals surface area (Å²) in [4.78, 5) is 16.6. The Labute approximate surface area is 191 Å². The Morgan fingerprint density at radius 3 is 2.53 bits per heavy atom. The third kappa shape index (κ3) is 5.20. The molecule has 7 nitrogen and oxygen atoms in total. The van der Waals surface area contributed by atoms with Crippen molar-refractivity contribution in [2.24, 2.45) is 0 Å². The van der Waals surface area contributed by atoms with Crippen molar-refractivity contribution in [2.75, 3.05) is 54.9 Å². The fourth-order valence-corrected chi connectivity index (χ4v) is 4.66. The number of allylic oxidation sites excluding steroid dienone is 1. The van der Waals surface area contributed by atoms with E-state index in [1.165, 1.54) is 37.4 Å². The van der Waals surface area contributed by atoms with E-state index in [-0.39, 0.29) is 0 Å². The lowest BCUT2D eigenvalue weighted by atomic mass is 10.1. The second-order valence-electron chi connectivity index (χ2n) is 8.62. The zero-order valence-corrected chi connectivity index (χ0v) is 19.2. The third-order valence-corrected chi connectivity index (χ3v) is 6.50. The maximum Gasteiger partial charge on any atom is 0.229 e. The highest BCUT2D eigenvalue weighted by molar-refractivity contribution is 5.68. The normalized spacial score (nSPS) is 17.6. The molecule has 0 unspecified atom stereocenters. The van der Waals surface area contributed by atoms with Gasteiger partial charge in [0.05, 0.1) is 6.07 Å². The SMILES string of the molecule is CCN(c1nc(Nc2ccc(N3CCN(C)CC3)cc2)ncc1C=CC#N)C1CCCC1. The van der Waals surface area contributed by atoms with E-state index < -0.39 is 0 Å². The summed E-state index contributed by atoms with van der Waals surface area (Å²) in [7, 11) is 2.17. The van der Waals surface area contributed by atoms with Crippen molar-refractivity contribution in [2.45, 2.75) is 38.6 Å². The predicted octanol–water partition coefficient (Wildman–Crippen LogP) is 4.28. The molecule has 168 valence electrons. The lowest BCUT2D eigenvalue weighted by molar-refractivity contribution is 0.313. The molecule has 1 aromatic carbocycles. The van der Waals surface area contributed by atoms with Crippen molar-refractivity contribution in [1.82, 2.24) is 14.9 Å². The van der Waals surface area contributed by atoms with Gasteiger partial charge in [0.1, 0.15) is 5.82 Å². The zero-order valence-electron chi connectivity index (χ0n) is 19.2. The first-order valence-electron chi connectivity index (χ1n) is 11.7. The average Bonchev–Trinajstić information content (AvgIpc) is 3.35. The maximum atomic E-state index is 9.00. The Hall–Kier alpha value is -3.11. The van der Waals surface area contributed by atoms with E-state index in [1.807, 2.05) is 12.3 Å². The van der Waals surface area contributed by atoms with Crippen molar-refractivity contribution in [3.63, 3.8) is 0 Å². The summed E-state index contributed by atoms with van der Waals surface area (Å²) in [6.45, 7) is 7.36. The van der Waals surface area contributed by atoms with E-state index in [1.54, 1.807) is 0 Å². The third-order valence-electron chi connectivity index (χ3n) is 6.50. The Balaban J connectivity index is 1.53. The fraction of sp³-hybridized carbons (Fsp3) is 0.480. The molecule has 1 aliphatic carbocycles. The number of hydrogen-bond donors (Lipinski definition) is 1. The van der Waals surface area contributed by atoms with E-state index in [2.05, 4.69) is 69.3 Å². The molecule has 2 heterocycles. The van der Waals surface area contributed by atoms with Gasteiger partial charge in [0.2, 0.25) is 5.95 Å². The molecule has 0 spiro atoms. The fourth-order valence-electron chi connectivity index (χ4n) is 4.66. The number of nitrogens with zero attached hydrogens (tertiary/aromatic N) is 6. The molecule has 1 saturated heterocycles. The van der Waals surface area contributed by atoms with Gasteiger partial charge in [-0.3, -0.25) is 0 Å². The van der Waals surface area contributed by atoms with Crippen LogP contribution in [0.3, 0.4) is 0 Å². The summed E-state index contributed by atoms with van der Waals surface area (Å²) >= 11 is 0. The molecular formula is C25H33N7. The number of aromatic nitrogens is 2. The van der Waals surface area contributed by atoms with Gasteiger partial charge in [-0.15, -0.1) is 0 Å². The van der Waals surface area contributed by atoms with Gasteiger partial charge in [0, 0.05) is 68.0 Å². The average molecular weight is 432 g/mol. The summed E-state index contributed by atoms with van der Waals surface area (Å²) in [6.07, 6.45) is 10.0. The molecule has 2 fully saturated rings. The molecule has 0 atom stereocenters. The topological polar surface area (TPSA) is 71.3 Å². The molecule has 1 N–H and O–H groups in total. The predicted molar refractivity (Wildman–Crippen MR) is 131 cm³/mol. The lowest BCUT2D eigenvalue weighted by Gasteiger charge is -2.34. The Morgan fingerprint density at radius 1 is 1.16 bits per heavy atom. The molecule has 2 aliphatic rings. The first-order valence-corrected chi connectivity index (χ1v) is 11.7. The van der Waals surface area contributed by atoms with E-state index >= 15 is 0 Å². The molecule has 0 bridgehead atoms. The number of likely N-dealkylation sites (N-methyl/N-ethyl adjacent to an activating group) is 1. The van der Waals surface area contributed by atoms with Gasteiger partial charge in [-0.2, -0.15) is 10.2 Å². The number of benzene rings is 1. The summed E-state index contributed by atoms with van der Waals surface area (Å²) < 4.78 is 0. The molecule has 1 aliphatic heterocycles. The van der Waals surface area contributed by atoms with Crippen molar-refractivity contribution >= 4 is 29.2 Å². The van der Waals surface area contributed by atoms with Crippen molar-refractivity contribution < 1.29 is 0 Å². The van der Waals surface area contributed by atoms with Crippen LogP contribution in [0.1, 0.15) is 38.2 Å². The molecule has 1 saturated carbocycles. The van der Waals surface area contributed by atoms with Crippen LogP contribution in [0.5, 0.6) is 0 Å². The Morgan fingerprint density at radius 2 is 1.88 bits per heavy atom. The van der Waals surface area contributed by atoms with Crippen LogP contribution in [0.15, 0.2) is 36.5 Å². The maximum absolute atomic E-state index is 9.00. The van der Waals surface area contributed by atoms with E-state index in [9.17, 15) is 0 Å². The van der Waals surface area contributed by atoms with Gasteiger partial charge in [-0.05, 0) is 57.2 Å². The van der Waals surface area contributed by atoms with Crippen LogP contribution >= 0.6 is 0 Å². The number of hydrogen-bond acceptors (Lipinski definition) is 7. The summed E-state index contributed by atoms with van der Waals surface area (Å²) in [5.74, 6) is 1.48. The van der Waals surface area contributed by atoms with Crippen LogP contribution in [0.4, 0.5) is 23.1 Å². The van der Waals surface area contributed by atoms with Gasteiger partial charge < -0.3 is 20.0 Å². The number of piperazine rings is 1. The van der Waals surface area contributed by atoms with Crippen molar-refractivity contribution in [3.8, 4) is 6.07 Å². The van der Waals surface area contributed by atoms with Crippen LogP contribution in [-0.4, -0.2) is 60.7 Å². The second kappa shape index (κ2) is 10.5. The van der Waals surface area contributed by atoms with Crippen LogP contribution in [0.25, 0.3) is 6.08 Å². The number of nitriles is 1. The standard InChI is InChI=1S/C25H33N7/c1-3-32(23-8-4-5-9-23)24-20(7-6-14-26)19-27-25(29-24)28-21-10-12-22(13-11-21)31-17-15-30(2)16-18-31/h6-7,10-13,19,23H,3-5,8-9,15-18H2,1-2H3,(H,27,28,29). The molecule has 2 aromatic rings. The second-order valence-corrected chi connectivity index (χ2v) is 8.62. The van der Waals surface area contributed by atoms with Gasteiger partial charge >= 0.3 is 0 Å². The van der Waals surface area contributed by atoms with Crippen molar-refractivity contribution in [1.29, 1.82) is 5.26 Å². The summed E-state index contributed by atoms with van der Waals surface area (Å²) in [6, 6.07) is 11.1. The number of rotatable bonds is 7. The first kappa shape index (κ1) is 22.1. The van der Waals surface area contributed by atoms with E-state index in [4.69, 9.17) is 10.2 Å². The summed E-state index contributed by atoms with van der Waals surface area (Å²) in [5.41, 5.74) is 3.11. The van der Waals surface area contributed by atoms with Crippen molar-refractivity contribution in [3.05, 3.63) is 42.1 Å². The van der Waals surface area contributed by atoms with Gasteiger partial charge in [-0.25, -0.2) is 4.98 Å². The van der Waals surface area contributed by atoms with Crippen LogP contribution in [0, 0.1) is 11.3 Å². The lowest BCUT2D eigenvalue weighted by Crippen LogP contribution is -2.44. The van der Waals surface area contributed by atoms with Gasteiger partial charge in [0.25, 0.3) is 0 Å². The van der Waals surface area contributed by atoms with E-state index in [0.717, 1.165) is 49.8 Å². The van der Waals surface area contributed by atoms with Crippen LogP contribution in [0.2, 0.25) is 0 Å². The number of nitrogens with one attached hydrogen (secondary N) is 1. The zero-order chi connectivity index (χ0) is 22.3. The highest BCUT2D eigenvalue weighted by Gasteiger charge is 2.24.